The Kier molecular flexibility index (Phi) is 19.9. The Labute approximate surface area is 292 Å². The van der Waals surface area contributed by atoms with Crippen LogP contribution in [0.15, 0.2) is 0 Å². The molecule has 0 aromatic carbocycles. The molecule has 0 saturated carbocycles. The van der Waals surface area contributed by atoms with Crippen LogP contribution < -0.4 is 5.32 Å². The van der Waals surface area contributed by atoms with E-state index in [2.05, 4.69) is 145 Å². The van der Waals surface area contributed by atoms with Crippen molar-refractivity contribution in [2.45, 2.75) is 176 Å². The molecular formula is C33H74N3O6PSSi2. The summed E-state index contributed by atoms with van der Waals surface area (Å²) >= 11 is 1.09. The molecule has 0 spiro atoms. The van der Waals surface area contributed by atoms with Gasteiger partial charge in [-0.05, 0) is 110 Å². The summed E-state index contributed by atoms with van der Waals surface area (Å²) in [6.07, 6.45) is 0.695. The summed E-state index contributed by atoms with van der Waals surface area (Å²) in [5, 5.41) is 3.24. The molecule has 1 amide bonds. The summed E-state index contributed by atoms with van der Waals surface area (Å²) in [6, 6.07) is 1.30. The molecule has 0 unspecified atom stereocenters. The highest BCUT2D eigenvalue weighted by Gasteiger charge is 2.44. The van der Waals surface area contributed by atoms with E-state index in [1.54, 1.807) is 0 Å². The molecule has 1 N–H and O–H groups in total. The normalized spacial score (nSPS) is 14.3. The molecule has 0 heterocycles. The van der Waals surface area contributed by atoms with E-state index in [9.17, 15) is 4.79 Å². The largest absolute Gasteiger partial charge is 0.414 e. The molecule has 0 aliphatic rings. The first-order valence-corrected chi connectivity index (χ1v) is 25.1. The van der Waals surface area contributed by atoms with Crippen LogP contribution in [-0.2, 0) is 22.8 Å². The molecule has 0 saturated heterocycles. The molecule has 276 valence electrons. The van der Waals surface area contributed by atoms with Gasteiger partial charge in [-0.2, -0.15) is 0 Å². The van der Waals surface area contributed by atoms with Crippen molar-refractivity contribution in [3.8, 4) is 0 Å². The van der Waals surface area contributed by atoms with Gasteiger partial charge in [0.15, 0.2) is 38.7 Å². The summed E-state index contributed by atoms with van der Waals surface area (Å²) in [6.45, 7) is 43.1. The van der Waals surface area contributed by atoms with Gasteiger partial charge in [0.1, 0.15) is 5.94 Å². The fraction of sp³-hybridized carbons (Fsp3) is 0.970. The average molecular weight is 728 g/mol. The highest BCUT2D eigenvalue weighted by molar-refractivity contribution is 8.13. The van der Waals surface area contributed by atoms with Crippen molar-refractivity contribution in [2.75, 3.05) is 32.7 Å². The van der Waals surface area contributed by atoms with E-state index in [-0.39, 0.29) is 34.8 Å². The second kappa shape index (κ2) is 19.7. The fourth-order valence-electron chi connectivity index (χ4n) is 4.27. The van der Waals surface area contributed by atoms with Gasteiger partial charge in [0, 0.05) is 24.2 Å². The van der Waals surface area contributed by atoms with Crippen LogP contribution in [0.5, 0.6) is 0 Å². The van der Waals surface area contributed by atoms with Gasteiger partial charge in [-0.15, -0.1) is 0 Å². The zero-order valence-corrected chi connectivity index (χ0v) is 37.0. The SMILES string of the molecule is CCC(CO[Si](C)(C)C(C)(C)C)(CO[Si](C)(C)C(C)(C)C)NC(=O)SCOCOCOP(N(C(C)C)C(C)C)N(C(C)C)C(C)C. The Bertz CT molecular complexity index is 816. The molecule has 13 heteroatoms. The number of ether oxygens (including phenoxy) is 2. The highest BCUT2D eigenvalue weighted by atomic mass is 32.2. The van der Waals surface area contributed by atoms with Crippen LogP contribution in [0.4, 0.5) is 4.79 Å². The van der Waals surface area contributed by atoms with Gasteiger partial charge in [-0.25, -0.2) is 9.34 Å². The van der Waals surface area contributed by atoms with E-state index >= 15 is 0 Å². The van der Waals surface area contributed by atoms with Gasteiger partial charge in [-0.1, -0.05) is 48.5 Å². The van der Waals surface area contributed by atoms with Crippen molar-refractivity contribution in [3.63, 3.8) is 0 Å². The minimum absolute atomic E-state index is 0.0397. The number of hydrogen-bond donors (Lipinski definition) is 1. The summed E-state index contributed by atoms with van der Waals surface area (Å²) in [5.41, 5.74) is -0.631. The second-order valence-corrected chi connectivity index (χ2v) is 28.8. The number of rotatable bonds is 21. The van der Waals surface area contributed by atoms with E-state index in [0.29, 0.717) is 43.8 Å². The van der Waals surface area contributed by atoms with E-state index < -0.39 is 30.6 Å². The standard InChI is InChI=1S/C33H74N3O6PSSi2/c1-20-33(21-41-45(16,17)31(10,11)12,22-42-46(18,19)32(13,14)15)34-30(37)44-25-39-23-38-24-40-43(35(26(2)3)27(4)5)36(28(6)7)29(8)9/h26-29H,20-25H2,1-19H3,(H,34,37). The van der Waals surface area contributed by atoms with Gasteiger partial charge >= 0.3 is 0 Å². The minimum atomic E-state index is -2.05. The molecule has 0 aliphatic carbocycles. The Hall–Kier alpha value is 0.404. The van der Waals surface area contributed by atoms with Crippen LogP contribution in [0.2, 0.25) is 36.3 Å². The molecule has 0 fully saturated rings. The highest BCUT2D eigenvalue weighted by Crippen LogP contribution is 2.50. The molecule has 0 radical (unpaired) electrons. The van der Waals surface area contributed by atoms with Gasteiger partial charge < -0.3 is 28.2 Å². The summed E-state index contributed by atoms with van der Waals surface area (Å²) in [7, 11) is -5.13. The second-order valence-electron chi connectivity index (χ2n) is 16.6. The molecule has 0 rings (SSSR count). The quantitative estimate of drug-likeness (QED) is 0.0538. The topological polar surface area (TPSA) is 81.7 Å². The maximum atomic E-state index is 13.3. The number of carbonyl (C=O) groups is 1. The lowest BCUT2D eigenvalue weighted by Crippen LogP contribution is -2.58. The lowest BCUT2D eigenvalue weighted by molar-refractivity contribution is -0.0892. The third kappa shape index (κ3) is 15.1. The Morgan fingerprint density at radius 3 is 1.43 bits per heavy atom. The van der Waals surface area contributed by atoms with E-state index in [1.807, 2.05) is 0 Å². The smallest absolute Gasteiger partial charge is 0.281 e. The fourth-order valence-corrected chi connectivity index (χ4v) is 9.21. The van der Waals surface area contributed by atoms with Crippen molar-refractivity contribution in [2.24, 2.45) is 0 Å². The van der Waals surface area contributed by atoms with Gasteiger partial charge in [-0.3, -0.25) is 4.79 Å². The van der Waals surface area contributed by atoms with Gasteiger partial charge in [0.25, 0.3) is 5.24 Å². The summed E-state index contributed by atoms with van der Waals surface area (Å²) < 4.78 is 36.0. The predicted octanol–water partition coefficient (Wildman–Crippen LogP) is 10.0. The van der Waals surface area contributed by atoms with Crippen molar-refractivity contribution in [3.05, 3.63) is 0 Å². The van der Waals surface area contributed by atoms with Crippen LogP contribution in [0.3, 0.4) is 0 Å². The van der Waals surface area contributed by atoms with Crippen molar-refractivity contribution >= 4 is 42.1 Å². The van der Waals surface area contributed by atoms with Crippen molar-refractivity contribution in [1.29, 1.82) is 0 Å². The van der Waals surface area contributed by atoms with Crippen molar-refractivity contribution < 1.29 is 27.6 Å². The predicted molar refractivity (Wildman–Crippen MR) is 204 cm³/mol. The summed E-state index contributed by atoms with van der Waals surface area (Å²) in [4.78, 5) is 13.3. The molecule has 0 aromatic rings. The molecule has 0 atom stereocenters. The first kappa shape index (κ1) is 46.4. The zero-order valence-electron chi connectivity index (χ0n) is 33.3. The number of hydrogen-bond acceptors (Lipinski definition) is 9. The Balaban J connectivity index is 5.34. The maximum absolute atomic E-state index is 13.3. The van der Waals surface area contributed by atoms with E-state index in [0.717, 1.165) is 11.8 Å². The van der Waals surface area contributed by atoms with Crippen LogP contribution in [0, 0.1) is 0 Å². The lowest BCUT2D eigenvalue weighted by atomic mass is 9.99. The number of thioether (sulfide) groups is 1. The van der Waals surface area contributed by atoms with Gasteiger partial charge in [0.2, 0.25) is 0 Å². The number of carbonyl (C=O) groups excluding carboxylic acids is 1. The molecule has 0 aliphatic heterocycles. The molecule has 9 nitrogen and oxygen atoms in total. The zero-order chi connectivity index (χ0) is 36.3. The molecular weight excluding hydrogens is 654 g/mol. The van der Waals surface area contributed by atoms with E-state index in [1.165, 1.54) is 0 Å². The Morgan fingerprint density at radius 1 is 0.717 bits per heavy atom. The van der Waals surface area contributed by atoms with Crippen LogP contribution >= 0.6 is 20.2 Å². The maximum Gasteiger partial charge on any atom is 0.281 e. The summed E-state index contributed by atoms with van der Waals surface area (Å²) in [5.74, 6) is 0.167. The van der Waals surface area contributed by atoms with Crippen LogP contribution in [-0.4, -0.2) is 93.7 Å². The third-order valence-corrected chi connectivity index (χ3v) is 21.9. The molecule has 46 heavy (non-hydrogen) atoms. The molecule has 0 bridgehead atoms. The number of nitrogens with zero attached hydrogens (tertiary/aromatic N) is 2. The van der Waals surface area contributed by atoms with Crippen molar-refractivity contribution in [1.82, 2.24) is 14.7 Å². The van der Waals surface area contributed by atoms with Gasteiger partial charge in [0.05, 0.1) is 18.8 Å². The number of amides is 1. The van der Waals surface area contributed by atoms with E-state index in [4.69, 9.17) is 22.8 Å². The third-order valence-electron chi connectivity index (χ3n) is 9.28. The average Bonchev–Trinajstić information content (AvgIpc) is 2.87. The van der Waals surface area contributed by atoms with Crippen LogP contribution in [0.1, 0.15) is 110 Å². The van der Waals surface area contributed by atoms with Crippen LogP contribution in [0.25, 0.3) is 0 Å². The monoisotopic (exact) mass is 727 g/mol. The number of nitrogens with one attached hydrogen (secondary N) is 1. The molecule has 0 aromatic heterocycles. The first-order chi connectivity index (χ1) is 20.7. The first-order valence-electron chi connectivity index (χ1n) is 17.1. The lowest BCUT2D eigenvalue weighted by Gasteiger charge is -2.45. The minimum Gasteiger partial charge on any atom is -0.414 e. The Morgan fingerprint density at radius 2 is 1.11 bits per heavy atom.